The molecule has 132 valence electrons. The normalized spacial score (nSPS) is 19.3. The molecule has 5 nitrogen and oxygen atoms in total. The molecule has 4 aromatic rings. The van der Waals surface area contributed by atoms with Crippen LogP contribution in [0.25, 0.3) is 21.9 Å². The van der Waals surface area contributed by atoms with Crippen LogP contribution in [0.4, 0.5) is 0 Å². The molecule has 1 saturated heterocycles. The van der Waals surface area contributed by atoms with Crippen molar-refractivity contribution >= 4 is 33.5 Å². The lowest BCUT2D eigenvalue weighted by Crippen LogP contribution is -2.09. The number of pyridine rings is 1. The maximum absolute atomic E-state index is 6.13. The van der Waals surface area contributed by atoms with Crippen LogP contribution in [0.1, 0.15) is 24.6 Å². The quantitative estimate of drug-likeness (QED) is 0.367. The zero-order chi connectivity index (χ0) is 18.2. The van der Waals surface area contributed by atoms with Gasteiger partial charge in [-0.25, -0.2) is 9.97 Å². The van der Waals surface area contributed by atoms with E-state index < -0.39 is 0 Å². The van der Waals surface area contributed by atoms with Gasteiger partial charge in [0.15, 0.2) is 0 Å². The van der Waals surface area contributed by atoms with Crippen LogP contribution in [0.15, 0.2) is 55.1 Å². The number of aromatic nitrogens is 4. The van der Waals surface area contributed by atoms with Gasteiger partial charge in [0.1, 0.15) is 29.5 Å². The van der Waals surface area contributed by atoms with E-state index in [4.69, 9.17) is 16.3 Å². The highest BCUT2D eigenvalue weighted by Gasteiger charge is 2.26. The number of hydrogen-bond donors (Lipinski definition) is 0. The molecule has 0 bridgehead atoms. The molecule has 0 amide bonds. The van der Waals surface area contributed by atoms with Crippen LogP contribution in [0.2, 0.25) is 5.15 Å². The van der Waals surface area contributed by atoms with Crippen molar-refractivity contribution in [3.63, 3.8) is 0 Å². The van der Waals surface area contributed by atoms with Crippen LogP contribution in [0.3, 0.4) is 0 Å². The van der Waals surface area contributed by atoms with Crippen molar-refractivity contribution in [2.45, 2.75) is 25.2 Å². The Balaban J connectivity index is 1.36. The summed E-state index contributed by atoms with van der Waals surface area (Å²) in [5.41, 5.74) is 2.68. The maximum atomic E-state index is 6.13. The highest BCUT2D eigenvalue weighted by molar-refractivity contribution is 6.33. The van der Waals surface area contributed by atoms with Crippen molar-refractivity contribution in [2.24, 2.45) is 0 Å². The van der Waals surface area contributed by atoms with Gasteiger partial charge in [-0.15, -0.1) is 0 Å². The number of benzene rings is 1. The fourth-order valence-electron chi connectivity index (χ4n) is 3.41. The van der Waals surface area contributed by atoms with Crippen LogP contribution < -0.4 is 0 Å². The van der Waals surface area contributed by atoms with Gasteiger partial charge in [-0.3, -0.25) is 4.98 Å². The van der Waals surface area contributed by atoms with Gasteiger partial charge >= 0.3 is 0 Å². The molecular weight excluding hydrogens is 360 g/mol. The van der Waals surface area contributed by atoms with Gasteiger partial charge in [0.25, 0.3) is 0 Å². The molecule has 27 heavy (non-hydrogen) atoms. The molecule has 3 aromatic heterocycles. The minimum Gasteiger partial charge on any atom is -0.342 e. The Bertz CT molecular complexity index is 1210. The predicted octanol–water partition coefficient (Wildman–Crippen LogP) is 4.36. The van der Waals surface area contributed by atoms with Crippen molar-refractivity contribution in [1.82, 2.24) is 19.5 Å². The van der Waals surface area contributed by atoms with Crippen LogP contribution in [0.5, 0.6) is 0 Å². The lowest BCUT2D eigenvalue weighted by Gasteiger charge is -2.13. The Morgan fingerprint density at radius 3 is 3.04 bits per heavy atom. The Kier molecular flexibility index (Phi) is 4.01. The fraction of sp³-hybridized carbons (Fsp3) is 0.190. The number of hydrogen-bond acceptors (Lipinski definition) is 4. The highest BCUT2D eigenvalue weighted by atomic mass is 35.5. The summed E-state index contributed by atoms with van der Waals surface area (Å²) in [5, 5.41) is 2.40. The smallest absolute Gasteiger partial charge is 0.146 e. The molecule has 5 rings (SSSR count). The molecule has 0 aliphatic carbocycles. The average Bonchev–Trinajstić information content (AvgIpc) is 3.33. The van der Waals surface area contributed by atoms with Crippen molar-refractivity contribution < 1.29 is 4.74 Å². The summed E-state index contributed by atoms with van der Waals surface area (Å²) in [6.45, 7) is 0. The standard InChI is InChI=1S/C21H15ClN4O/c22-20-17-9-11-26(21(17)25-13-24-20)19-8-7-16(27-19)6-4-14-3-5-15-2-1-10-23-18(15)12-14/h1-3,5,9-13,16,19H,7-8H2. The first-order chi connectivity index (χ1) is 13.3. The molecule has 1 aliphatic rings. The molecule has 1 aliphatic heterocycles. The molecular formula is C21H15ClN4O. The third kappa shape index (κ3) is 3.03. The van der Waals surface area contributed by atoms with Crippen LogP contribution in [-0.4, -0.2) is 25.6 Å². The van der Waals surface area contributed by atoms with E-state index in [1.54, 1.807) is 6.20 Å². The molecule has 2 unspecified atom stereocenters. The summed E-state index contributed by atoms with van der Waals surface area (Å²) < 4.78 is 8.14. The Morgan fingerprint density at radius 1 is 1.11 bits per heavy atom. The van der Waals surface area contributed by atoms with Crippen molar-refractivity contribution in [3.8, 4) is 11.8 Å². The Labute approximate surface area is 161 Å². The first kappa shape index (κ1) is 16.2. The van der Waals surface area contributed by atoms with E-state index in [0.717, 1.165) is 40.3 Å². The second-order valence-electron chi connectivity index (χ2n) is 6.46. The lowest BCUT2D eigenvalue weighted by atomic mass is 10.1. The van der Waals surface area contributed by atoms with Gasteiger partial charge in [0, 0.05) is 23.3 Å². The van der Waals surface area contributed by atoms with E-state index in [2.05, 4.69) is 26.8 Å². The molecule has 2 atom stereocenters. The molecule has 4 heterocycles. The van der Waals surface area contributed by atoms with Crippen molar-refractivity contribution in [1.29, 1.82) is 0 Å². The summed E-state index contributed by atoms with van der Waals surface area (Å²) in [6, 6.07) is 12.0. The largest absolute Gasteiger partial charge is 0.342 e. The molecule has 0 radical (unpaired) electrons. The second kappa shape index (κ2) is 6.66. The molecule has 1 fully saturated rings. The summed E-state index contributed by atoms with van der Waals surface area (Å²) in [5.74, 6) is 6.46. The third-order valence-corrected chi connectivity index (χ3v) is 5.05. The van der Waals surface area contributed by atoms with Gasteiger partial charge in [-0.2, -0.15) is 0 Å². The lowest BCUT2D eigenvalue weighted by molar-refractivity contribution is 0.0303. The van der Waals surface area contributed by atoms with Crippen LogP contribution in [0, 0.1) is 11.8 Å². The third-order valence-electron chi connectivity index (χ3n) is 4.75. The van der Waals surface area contributed by atoms with Crippen LogP contribution in [-0.2, 0) is 4.74 Å². The van der Waals surface area contributed by atoms with Crippen molar-refractivity contribution in [2.75, 3.05) is 0 Å². The first-order valence-corrected chi connectivity index (χ1v) is 9.14. The van der Waals surface area contributed by atoms with Gasteiger partial charge in [0.2, 0.25) is 0 Å². The molecule has 0 spiro atoms. The van der Waals surface area contributed by atoms with E-state index in [-0.39, 0.29) is 12.3 Å². The molecule has 0 saturated carbocycles. The summed E-state index contributed by atoms with van der Waals surface area (Å²) in [7, 11) is 0. The zero-order valence-corrected chi connectivity index (χ0v) is 15.1. The Hall–Kier alpha value is -2.94. The monoisotopic (exact) mass is 374 g/mol. The summed E-state index contributed by atoms with van der Waals surface area (Å²) >= 11 is 6.13. The maximum Gasteiger partial charge on any atom is 0.146 e. The van der Waals surface area contributed by atoms with Gasteiger partial charge in [-0.05, 0) is 37.1 Å². The predicted molar refractivity (Wildman–Crippen MR) is 104 cm³/mol. The topological polar surface area (TPSA) is 52.8 Å². The van der Waals surface area contributed by atoms with Gasteiger partial charge < -0.3 is 9.30 Å². The number of halogens is 1. The summed E-state index contributed by atoms with van der Waals surface area (Å²) in [6.07, 6.45) is 6.77. The molecule has 6 heteroatoms. The van der Waals surface area contributed by atoms with E-state index in [1.165, 1.54) is 6.33 Å². The van der Waals surface area contributed by atoms with E-state index in [1.807, 2.05) is 47.2 Å². The second-order valence-corrected chi connectivity index (χ2v) is 6.82. The molecule has 0 N–H and O–H groups in total. The number of rotatable bonds is 1. The van der Waals surface area contributed by atoms with Crippen LogP contribution >= 0.6 is 11.6 Å². The minimum absolute atomic E-state index is 0.0916. The van der Waals surface area contributed by atoms with E-state index in [0.29, 0.717) is 5.15 Å². The summed E-state index contributed by atoms with van der Waals surface area (Å²) in [4.78, 5) is 12.7. The average molecular weight is 375 g/mol. The Morgan fingerprint density at radius 2 is 2.07 bits per heavy atom. The minimum atomic E-state index is -0.107. The number of nitrogens with zero attached hydrogens (tertiary/aromatic N) is 4. The first-order valence-electron chi connectivity index (χ1n) is 8.77. The fourth-order valence-corrected chi connectivity index (χ4v) is 3.60. The van der Waals surface area contributed by atoms with Crippen molar-refractivity contribution in [3.05, 3.63) is 65.8 Å². The molecule has 1 aromatic carbocycles. The van der Waals surface area contributed by atoms with E-state index in [9.17, 15) is 0 Å². The van der Waals surface area contributed by atoms with Gasteiger partial charge in [0.05, 0.1) is 10.9 Å². The zero-order valence-electron chi connectivity index (χ0n) is 14.3. The van der Waals surface area contributed by atoms with Gasteiger partial charge in [-0.1, -0.05) is 35.6 Å². The highest BCUT2D eigenvalue weighted by Crippen LogP contribution is 2.32. The number of ether oxygens (including phenoxy) is 1. The number of fused-ring (bicyclic) bond motifs is 2. The van der Waals surface area contributed by atoms with E-state index >= 15 is 0 Å². The SMILES string of the molecule is Clc1ncnc2c1ccn2C1CCC(C#Cc2ccc3cccnc3c2)O1.